The summed E-state index contributed by atoms with van der Waals surface area (Å²) in [5, 5.41) is 7.50. The molecule has 1 amide bonds. The number of thioether (sulfide) groups is 1. The standard InChI is InChI=1S/C22H24N6O2S/c1-15(31-13-7-23)25-19(29)14-27-9-11-28(12-10-27)18-6-8-24-21-20(18)16-4-2-3-5-17(16)22(30)26-21/h2-8,13H,1,9-12,14,23H2,(H,25,29)(H,24,26,30)/b13-7-. The minimum absolute atomic E-state index is 0.0886. The van der Waals surface area contributed by atoms with E-state index in [2.05, 4.69) is 31.7 Å². The van der Waals surface area contributed by atoms with Crippen LogP contribution in [0.25, 0.3) is 21.8 Å². The molecule has 160 valence electrons. The van der Waals surface area contributed by atoms with E-state index >= 15 is 0 Å². The summed E-state index contributed by atoms with van der Waals surface area (Å²) < 4.78 is 0. The zero-order valence-electron chi connectivity index (χ0n) is 17.0. The zero-order chi connectivity index (χ0) is 21.8. The number of carbonyl (C=O) groups is 1. The molecule has 0 saturated carbocycles. The summed E-state index contributed by atoms with van der Waals surface area (Å²) in [6.45, 7) is 7.16. The first-order valence-corrected chi connectivity index (χ1v) is 10.8. The van der Waals surface area contributed by atoms with Crippen LogP contribution in [0.3, 0.4) is 0 Å². The molecule has 0 unspecified atom stereocenters. The number of hydrogen-bond donors (Lipinski definition) is 3. The molecule has 0 bridgehead atoms. The monoisotopic (exact) mass is 436 g/mol. The van der Waals surface area contributed by atoms with Crippen LogP contribution in [-0.2, 0) is 4.79 Å². The van der Waals surface area contributed by atoms with E-state index in [0.717, 1.165) is 42.6 Å². The summed E-state index contributed by atoms with van der Waals surface area (Å²) in [6.07, 6.45) is 3.13. The van der Waals surface area contributed by atoms with Gasteiger partial charge >= 0.3 is 0 Å². The first-order chi connectivity index (χ1) is 15.1. The Bertz CT molecular complexity index is 1210. The van der Waals surface area contributed by atoms with E-state index in [1.807, 2.05) is 30.3 Å². The van der Waals surface area contributed by atoms with Gasteiger partial charge in [0.15, 0.2) is 0 Å². The number of pyridine rings is 2. The lowest BCUT2D eigenvalue weighted by Crippen LogP contribution is -2.49. The summed E-state index contributed by atoms with van der Waals surface area (Å²) in [5.74, 6) is -0.0886. The molecule has 3 aromatic rings. The molecule has 31 heavy (non-hydrogen) atoms. The number of piperazine rings is 1. The topological polar surface area (TPSA) is 107 Å². The quantitative estimate of drug-likeness (QED) is 0.507. The van der Waals surface area contributed by atoms with Gasteiger partial charge in [-0.15, -0.1) is 0 Å². The fourth-order valence-electron chi connectivity index (χ4n) is 3.85. The number of carbonyl (C=O) groups excluding carboxylic acids is 1. The van der Waals surface area contributed by atoms with Crippen LogP contribution in [0.4, 0.5) is 5.69 Å². The van der Waals surface area contributed by atoms with E-state index in [0.29, 0.717) is 22.6 Å². The third-order valence-electron chi connectivity index (χ3n) is 5.25. The molecule has 1 aromatic carbocycles. The normalized spacial score (nSPS) is 15.0. The highest BCUT2D eigenvalue weighted by Crippen LogP contribution is 2.30. The van der Waals surface area contributed by atoms with Gasteiger partial charge in [0.25, 0.3) is 5.56 Å². The van der Waals surface area contributed by atoms with Crippen LogP contribution in [0.2, 0.25) is 0 Å². The number of benzene rings is 1. The third kappa shape index (κ3) is 4.57. The fourth-order valence-corrected chi connectivity index (χ4v) is 4.26. The van der Waals surface area contributed by atoms with Crippen molar-refractivity contribution >= 4 is 45.2 Å². The number of nitrogens with zero attached hydrogens (tertiary/aromatic N) is 3. The minimum atomic E-state index is -0.134. The van der Waals surface area contributed by atoms with Crippen molar-refractivity contribution in [1.29, 1.82) is 0 Å². The lowest BCUT2D eigenvalue weighted by atomic mass is 10.1. The molecule has 0 radical (unpaired) electrons. The number of aromatic amines is 1. The number of amides is 1. The van der Waals surface area contributed by atoms with Crippen molar-refractivity contribution < 1.29 is 4.79 Å². The van der Waals surface area contributed by atoms with Gasteiger partial charge in [0, 0.05) is 60.4 Å². The number of nitrogens with two attached hydrogens (primary N) is 1. The van der Waals surface area contributed by atoms with Crippen LogP contribution in [0.15, 0.2) is 64.5 Å². The molecular formula is C22H24N6O2S. The number of hydrogen-bond acceptors (Lipinski definition) is 7. The van der Waals surface area contributed by atoms with E-state index in [4.69, 9.17) is 5.73 Å². The van der Waals surface area contributed by atoms with Crippen LogP contribution in [-0.4, -0.2) is 53.5 Å². The molecular weight excluding hydrogens is 412 g/mol. The molecule has 0 spiro atoms. The second-order valence-corrected chi connectivity index (χ2v) is 8.23. The van der Waals surface area contributed by atoms with Crippen LogP contribution in [0.5, 0.6) is 0 Å². The summed E-state index contributed by atoms with van der Waals surface area (Å²) in [7, 11) is 0. The SMILES string of the molecule is C=C(NC(=O)CN1CCN(c2ccnc3[nH]c(=O)c4ccccc4c23)CC1)S/C=C\N. The van der Waals surface area contributed by atoms with Gasteiger partial charge < -0.3 is 20.9 Å². The molecule has 4 N–H and O–H groups in total. The van der Waals surface area contributed by atoms with Crippen molar-refractivity contribution in [2.24, 2.45) is 5.73 Å². The van der Waals surface area contributed by atoms with E-state index in [-0.39, 0.29) is 11.5 Å². The van der Waals surface area contributed by atoms with Gasteiger partial charge in [-0.2, -0.15) is 0 Å². The van der Waals surface area contributed by atoms with Gasteiger partial charge in [-0.25, -0.2) is 4.98 Å². The molecule has 9 heteroatoms. The Morgan fingerprint density at radius 3 is 2.71 bits per heavy atom. The van der Waals surface area contributed by atoms with Crippen molar-refractivity contribution in [1.82, 2.24) is 20.2 Å². The van der Waals surface area contributed by atoms with E-state index in [1.54, 1.807) is 11.6 Å². The van der Waals surface area contributed by atoms with E-state index in [9.17, 15) is 9.59 Å². The van der Waals surface area contributed by atoms with Crippen LogP contribution in [0, 0.1) is 0 Å². The Labute approximate surface area is 183 Å². The Morgan fingerprint density at radius 1 is 1.23 bits per heavy atom. The number of H-pyrrole nitrogens is 1. The molecule has 2 aromatic heterocycles. The first kappa shape index (κ1) is 21.0. The predicted molar refractivity (Wildman–Crippen MR) is 127 cm³/mol. The lowest BCUT2D eigenvalue weighted by Gasteiger charge is -2.36. The Kier molecular flexibility index (Phi) is 6.24. The van der Waals surface area contributed by atoms with Gasteiger partial charge in [0.2, 0.25) is 5.91 Å². The van der Waals surface area contributed by atoms with Gasteiger partial charge in [0.1, 0.15) is 5.65 Å². The highest BCUT2D eigenvalue weighted by molar-refractivity contribution is 8.05. The number of nitrogens with one attached hydrogen (secondary N) is 2. The summed E-state index contributed by atoms with van der Waals surface area (Å²) in [5.41, 5.74) is 6.80. The maximum absolute atomic E-state index is 12.4. The first-order valence-electron chi connectivity index (χ1n) is 9.96. The molecule has 3 heterocycles. The van der Waals surface area contributed by atoms with Gasteiger partial charge in [-0.3, -0.25) is 14.5 Å². The molecule has 1 saturated heterocycles. The largest absolute Gasteiger partial charge is 0.404 e. The summed E-state index contributed by atoms with van der Waals surface area (Å²) >= 11 is 1.28. The van der Waals surface area contributed by atoms with Crippen molar-refractivity contribution in [3.63, 3.8) is 0 Å². The van der Waals surface area contributed by atoms with Crippen LogP contribution >= 0.6 is 11.8 Å². The number of anilines is 1. The molecule has 1 aliphatic rings. The predicted octanol–water partition coefficient (Wildman–Crippen LogP) is 1.95. The van der Waals surface area contributed by atoms with Crippen molar-refractivity contribution in [2.75, 3.05) is 37.6 Å². The van der Waals surface area contributed by atoms with Gasteiger partial charge in [-0.1, -0.05) is 36.5 Å². The van der Waals surface area contributed by atoms with Crippen LogP contribution < -0.4 is 21.5 Å². The van der Waals surface area contributed by atoms with E-state index in [1.165, 1.54) is 18.0 Å². The molecule has 8 nitrogen and oxygen atoms in total. The maximum Gasteiger partial charge on any atom is 0.257 e. The lowest BCUT2D eigenvalue weighted by molar-refractivity contribution is -0.121. The average molecular weight is 437 g/mol. The fraction of sp³-hybridized carbons (Fsp3) is 0.227. The second kappa shape index (κ2) is 9.23. The summed E-state index contributed by atoms with van der Waals surface area (Å²) in [6, 6.07) is 9.58. The second-order valence-electron chi connectivity index (χ2n) is 7.23. The maximum atomic E-state index is 12.4. The van der Waals surface area contributed by atoms with Crippen molar-refractivity contribution in [3.8, 4) is 0 Å². The number of rotatable bonds is 6. The Morgan fingerprint density at radius 2 is 1.97 bits per heavy atom. The highest BCUT2D eigenvalue weighted by atomic mass is 32.2. The highest BCUT2D eigenvalue weighted by Gasteiger charge is 2.22. The summed E-state index contributed by atoms with van der Waals surface area (Å²) in [4.78, 5) is 36.3. The van der Waals surface area contributed by atoms with Gasteiger partial charge in [0.05, 0.1) is 11.6 Å². The molecule has 4 rings (SSSR count). The Hall–Kier alpha value is -3.30. The smallest absolute Gasteiger partial charge is 0.257 e. The van der Waals surface area contributed by atoms with Crippen LogP contribution in [0.1, 0.15) is 0 Å². The molecule has 1 aliphatic heterocycles. The molecule has 1 fully saturated rings. The van der Waals surface area contributed by atoms with E-state index < -0.39 is 0 Å². The minimum Gasteiger partial charge on any atom is -0.404 e. The number of aromatic nitrogens is 2. The van der Waals surface area contributed by atoms with Gasteiger partial charge in [-0.05, 0) is 17.5 Å². The van der Waals surface area contributed by atoms with Crippen molar-refractivity contribution in [3.05, 3.63) is 70.1 Å². The Balaban J connectivity index is 1.48. The molecule has 0 atom stereocenters. The third-order valence-corrected chi connectivity index (χ3v) is 5.93. The average Bonchev–Trinajstić information content (AvgIpc) is 2.78. The zero-order valence-corrected chi connectivity index (χ0v) is 17.8. The van der Waals surface area contributed by atoms with Crippen molar-refractivity contribution in [2.45, 2.75) is 0 Å². The number of fused-ring (bicyclic) bond motifs is 3. The molecule has 0 aliphatic carbocycles.